The topological polar surface area (TPSA) is 75.1 Å². The van der Waals surface area contributed by atoms with Gasteiger partial charge in [-0.1, -0.05) is 37.7 Å². The van der Waals surface area contributed by atoms with Crippen LogP contribution in [0.25, 0.3) is 16.8 Å². The average Bonchev–Trinajstić information content (AvgIpc) is 3.04. The van der Waals surface area contributed by atoms with Crippen LogP contribution in [0.1, 0.15) is 20.8 Å². The zero-order chi connectivity index (χ0) is 15.7. The normalized spacial score (nSPS) is 13.1. The van der Waals surface area contributed by atoms with Crippen molar-refractivity contribution in [2.75, 3.05) is 5.75 Å². The molecule has 3 aromatic rings. The molecule has 22 heavy (non-hydrogen) atoms. The van der Waals surface area contributed by atoms with E-state index in [9.17, 15) is 4.79 Å². The molecule has 2 aromatic heterocycles. The van der Waals surface area contributed by atoms with Crippen molar-refractivity contribution in [2.24, 2.45) is 5.92 Å². The Morgan fingerprint density at radius 2 is 2.14 bits per heavy atom. The Hall–Kier alpha value is -2.02. The third-order valence-corrected chi connectivity index (χ3v) is 4.66. The first-order valence-corrected chi connectivity index (χ1v) is 8.28. The number of nitrogens with one attached hydrogen (secondary N) is 2. The summed E-state index contributed by atoms with van der Waals surface area (Å²) in [5, 5.41) is 10.9. The van der Waals surface area contributed by atoms with Gasteiger partial charge in [0, 0.05) is 6.04 Å². The number of imidazole rings is 1. The Labute approximate surface area is 132 Å². The van der Waals surface area contributed by atoms with Crippen LogP contribution in [0.3, 0.4) is 0 Å². The Morgan fingerprint density at radius 3 is 2.91 bits per heavy atom. The first kappa shape index (κ1) is 14.9. The summed E-state index contributed by atoms with van der Waals surface area (Å²) in [6, 6.07) is 8.05. The lowest BCUT2D eigenvalue weighted by molar-refractivity contribution is -0.119. The fourth-order valence-electron chi connectivity index (χ4n) is 2.13. The number of thioether (sulfide) groups is 1. The average molecular weight is 317 g/mol. The molecule has 2 heterocycles. The minimum absolute atomic E-state index is 0.0202. The van der Waals surface area contributed by atoms with Crippen molar-refractivity contribution in [3.05, 3.63) is 24.3 Å². The number of hydrogen-bond acceptors (Lipinski definition) is 4. The zero-order valence-corrected chi connectivity index (χ0v) is 13.6. The molecule has 0 aliphatic rings. The van der Waals surface area contributed by atoms with Gasteiger partial charge in [-0.25, -0.2) is 10.1 Å². The highest BCUT2D eigenvalue weighted by molar-refractivity contribution is 7.99. The van der Waals surface area contributed by atoms with Crippen LogP contribution >= 0.6 is 11.8 Å². The van der Waals surface area contributed by atoms with E-state index in [0.29, 0.717) is 17.4 Å². The van der Waals surface area contributed by atoms with E-state index < -0.39 is 0 Å². The molecule has 0 bridgehead atoms. The largest absolute Gasteiger partial charge is 0.353 e. The van der Waals surface area contributed by atoms with Crippen LogP contribution in [0.2, 0.25) is 0 Å². The van der Waals surface area contributed by atoms with Crippen molar-refractivity contribution in [1.29, 1.82) is 0 Å². The van der Waals surface area contributed by atoms with Gasteiger partial charge in [0.15, 0.2) is 5.16 Å². The third kappa shape index (κ3) is 2.81. The van der Waals surface area contributed by atoms with Gasteiger partial charge in [-0.3, -0.25) is 9.20 Å². The molecule has 0 aliphatic heterocycles. The van der Waals surface area contributed by atoms with E-state index in [1.165, 1.54) is 11.8 Å². The van der Waals surface area contributed by atoms with Crippen LogP contribution < -0.4 is 5.32 Å². The molecule has 7 heteroatoms. The van der Waals surface area contributed by atoms with Gasteiger partial charge in [0.05, 0.1) is 16.8 Å². The minimum atomic E-state index is 0.0202. The van der Waals surface area contributed by atoms with Gasteiger partial charge in [-0.05, 0) is 25.0 Å². The van der Waals surface area contributed by atoms with Crippen LogP contribution in [0, 0.1) is 5.92 Å². The molecule has 0 radical (unpaired) electrons. The van der Waals surface area contributed by atoms with Crippen LogP contribution in [0.4, 0.5) is 0 Å². The number of carbonyl (C=O) groups is 1. The lowest BCUT2D eigenvalue weighted by Gasteiger charge is -2.16. The smallest absolute Gasteiger partial charge is 0.231 e. The number of H-pyrrole nitrogens is 1. The van der Waals surface area contributed by atoms with Gasteiger partial charge in [0.2, 0.25) is 11.7 Å². The molecule has 0 aliphatic carbocycles. The number of para-hydroxylation sites is 2. The molecule has 116 valence electrons. The number of rotatable bonds is 5. The highest BCUT2D eigenvalue weighted by atomic mass is 32.2. The summed E-state index contributed by atoms with van der Waals surface area (Å²) in [5.41, 5.74) is 1.90. The molecule has 0 fully saturated rings. The maximum Gasteiger partial charge on any atom is 0.231 e. The molecule has 1 aromatic carbocycles. The van der Waals surface area contributed by atoms with E-state index in [-0.39, 0.29) is 11.9 Å². The predicted molar refractivity (Wildman–Crippen MR) is 88.0 cm³/mol. The van der Waals surface area contributed by atoms with Crippen molar-refractivity contribution in [1.82, 2.24) is 24.9 Å². The van der Waals surface area contributed by atoms with E-state index in [4.69, 9.17) is 0 Å². The van der Waals surface area contributed by atoms with Crippen LogP contribution in [-0.4, -0.2) is 37.3 Å². The lowest BCUT2D eigenvalue weighted by Crippen LogP contribution is -2.37. The van der Waals surface area contributed by atoms with Gasteiger partial charge >= 0.3 is 0 Å². The summed E-state index contributed by atoms with van der Waals surface area (Å²) in [5.74, 6) is 1.47. The molecule has 0 saturated carbocycles. The van der Waals surface area contributed by atoms with E-state index in [2.05, 4.69) is 34.3 Å². The summed E-state index contributed by atoms with van der Waals surface area (Å²) >= 11 is 1.41. The molecule has 2 N–H and O–H groups in total. The van der Waals surface area contributed by atoms with Gasteiger partial charge in [-0.15, -0.1) is 5.10 Å². The number of aromatic nitrogens is 4. The second-order valence-electron chi connectivity index (χ2n) is 5.65. The van der Waals surface area contributed by atoms with E-state index in [0.717, 1.165) is 16.2 Å². The second kappa shape index (κ2) is 6.00. The standard InChI is InChI=1S/C15H19N5OS/c1-9(2)10(3)16-13(21)8-22-15-19-18-14-17-11-6-4-5-7-12(11)20(14)15/h4-7,9-10H,8H2,1-3H3,(H,16,21)(H,17,18). The number of carbonyl (C=O) groups excluding carboxylic acids is 1. The summed E-state index contributed by atoms with van der Waals surface area (Å²) in [4.78, 5) is 16.5. The van der Waals surface area contributed by atoms with Crippen molar-refractivity contribution in [2.45, 2.75) is 32.0 Å². The minimum Gasteiger partial charge on any atom is -0.353 e. The predicted octanol–water partition coefficient (Wildman–Crippen LogP) is 2.46. The van der Waals surface area contributed by atoms with Crippen LogP contribution in [0.5, 0.6) is 0 Å². The highest BCUT2D eigenvalue weighted by Gasteiger charge is 2.15. The van der Waals surface area contributed by atoms with Gasteiger partial charge in [0.1, 0.15) is 0 Å². The molecule has 1 unspecified atom stereocenters. The van der Waals surface area contributed by atoms with Crippen molar-refractivity contribution in [3.8, 4) is 0 Å². The van der Waals surface area contributed by atoms with E-state index in [1.807, 2.05) is 35.6 Å². The molecule has 3 rings (SSSR count). The first-order valence-electron chi connectivity index (χ1n) is 7.30. The number of aromatic amines is 1. The van der Waals surface area contributed by atoms with Crippen LogP contribution in [0.15, 0.2) is 29.4 Å². The Balaban J connectivity index is 1.76. The fraction of sp³-hybridized carbons (Fsp3) is 0.400. The molecule has 6 nitrogen and oxygen atoms in total. The zero-order valence-electron chi connectivity index (χ0n) is 12.8. The molecule has 0 saturated heterocycles. The number of fused-ring (bicyclic) bond motifs is 3. The monoisotopic (exact) mass is 317 g/mol. The number of hydrogen-bond donors (Lipinski definition) is 2. The SMILES string of the molecule is CC(C)C(C)NC(=O)CSc1n[nH]c2nc3ccccc3n12. The van der Waals surface area contributed by atoms with Gasteiger partial charge in [-0.2, -0.15) is 0 Å². The summed E-state index contributed by atoms with van der Waals surface area (Å²) in [6.45, 7) is 6.20. The molecule has 0 spiro atoms. The maximum absolute atomic E-state index is 12.0. The summed E-state index contributed by atoms with van der Waals surface area (Å²) in [6.07, 6.45) is 0. The van der Waals surface area contributed by atoms with E-state index >= 15 is 0 Å². The Morgan fingerprint density at radius 1 is 1.36 bits per heavy atom. The highest BCUT2D eigenvalue weighted by Crippen LogP contribution is 2.22. The number of benzene rings is 1. The number of amides is 1. The first-order chi connectivity index (χ1) is 10.6. The van der Waals surface area contributed by atoms with Gasteiger partial charge < -0.3 is 5.32 Å². The molecule has 1 amide bonds. The Kier molecular flexibility index (Phi) is 4.06. The number of nitrogens with zero attached hydrogens (tertiary/aromatic N) is 3. The van der Waals surface area contributed by atoms with E-state index in [1.54, 1.807) is 0 Å². The van der Waals surface area contributed by atoms with Crippen molar-refractivity contribution < 1.29 is 4.79 Å². The van der Waals surface area contributed by atoms with Crippen LogP contribution in [-0.2, 0) is 4.79 Å². The summed E-state index contributed by atoms with van der Waals surface area (Å²) in [7, 11) is 0. The van der Waals surface area contributed by atoms with Gasteiger partial charge in [0.25, 0.3) is 0 Å². The van der Waals surface area contributed by atoms with Crippen molar-refractivity contribution in [3.63, 3.8) is 0 Å². The second-order valence-corrected chi connectivity index (χ2v) is 6.60. The quantitative estimate of drug-likeness (QED) is 0.709. The lowest BCUT2D eigenvalue weighted by atomic mass is 10.1. The fourth-order valence-corrected chi connectivity index (χ4v) is 2.90. The molecular formula is C15H19N5OS. The Bertz CT molecular complexity index is 807. The summed E-state index contributed by atoms with van der Waals surface area (Å²) < 4.78 is 1.94. The maximum atomic E-state index is 12.0. The third-order valence-electron chi connectivity index (χ3n) is 3.72. The molecule has 1 atom stereocenters. The molecular weight excluding hydrogens is 298 g/mol. The van der Waals surface area contributed by atoms with Crippen molar-refractivity contribution >= 4 is 34.5 Å².